The van der Waals surface area contributed by atoms with Crippen LogP contribution in [0.15, 0.2) is 42.5 Å². The van der Waals surface area contributed by atoms with Crippen molar-refractivity contribution in [1.29, 1.82) is 0 Å². The molecule has 26 heavy (non-hydrogen) atoms. The van der Waals surface area contributed by atoms with Crippen LogP contribution < -0.4 is 0 Å². The van der Waals surface area contributed by atoms with Gasteiger partial charge in [-0.25, -0.2) is 4.39 Å². The zero-order valence-electron chi connectivity index (χ0n) is 15.5. The normalized spacial score (nSPS) is 17.1. The van der Waals surface area contributed by atoms with E-state index in [1.54, 1.807) is 23.9 Å². The Morgan fingerprint density at radius 2 is 1.96 bits per heavy atom. The number of amides is 1. The number of hydrogen-bond donors (Lipinski definition) is 0. The van der Waals surface area contributed by atoms with Crippen molar-refractivity contribution in [3.8, 4) is 0 Å². The standard InChI is InChI=1S/C21H25FN2OS/c1-15-4-5-16(2)18(12-15)13-23(3)14-20(25)24-10-11-26-21(24)17-6-8-19(22)9-7-17/h4-9,12,21H,10-11,13-14H2,1-3H3/t21-/m0/s1. The number of carbonyl (C=O) groups is 1. The molecular weight excluding hydrogens is 347 g/mol. The number of rotatable bonds is 5. The van der Waals surface area contributed by atoms with Gasteiger partial charge < -0.3 is 4.90 Å². The maximum Gasteiger partial charge on any atom is 0.237 e. The average Bonchev–Trinajstić information content (AvgIpc) is 3.08. The quantitative estimate of drug-likeness (QED) is 0.788. The molecule has 0 unspecified atom stereocenters. The van der Waals surface area contributed by atoms with Crippen molar-refractivity contribution >= 4 is 17.7 Å². The number of halogens is 1. The SMILES string of the molecule is Cc1ccc(C)c(CN(C)CC(=O)N2CCS[C@H]2c2ccc(F)cc2)c1. The lowest BCUT2D eigenvalue weighted by Gasteiger charge is -2.27. The van der Waals surface area contributed by atoms with E-state index in [1.165, 1.54) is 28.8 Å². The van der Waals surface area contributed by atoms with E-state index < -0.39 is 0 Å². The van der Waals surface area contributed by atoms with E-state index in [0.717, 1.165) is 24.4 Å². The van der Waals surface area contributed by atoms with E-state index in [0.29, 0.717) is 6.54 Å². The number of thioether (sulfide) groups is 1. The van der Waals surface area contributed by atoms with E-state index in [2.05, 4.69) is 36.9 Å². The predicted octanol–water partition coefficient (Wildman–Crippen LogP) is 4.15. The van der Waals surface area contributed by atoms with Gasteiger partial charge in [0.25, 0.3) is 0 Å². The lowest BCUT2D eigenvalue weighted by molar-refractivity contribution is -0.132. The molecular formula is C21H25FN2OS. The molecule has 2 aromatic rings. The van der Waals surface area contributed by atoms with Crippen molar-refractivity contribution < 1.29 is 9.18 Å². The minimum atomic E-state index is -0.247. The molecule has 0 spiro atoms. The van der Waals surface area contributed by atoms with E-state index in [-0.39, 0.29) is 17.1 Å². The summed E-state index contributed by atoms with van der Waals surface area (Å²) in [7, 11) is 1.98. The molecule has 0 N–H and O–H groups in total. The monoisotopic (exact) mass is 372 g/mol. The summed E-state index contributed by atoms with van der Waals surface area (Å²) >= 11 is 1.74. The van der Waals surface area contributed by atoms with Gasteiger partial charge in [-0.1, -0.05) is 35.9 Å². The van der Waals surface area contributed by atoms with Gasteiger partial charge in [0, 0.05) is 18.8 Å². The Balaban J connectivity index is 1.64. The molecule has 0 bridgehead atoms. The first-order valence-corrected chi connectivity index (χ1v) is 9.90. The van der Waals surface area contributed by atoms with Crippen molar-refractivity contribution in [3.05, 3.63) is 70.5 Å². The molecule has 1 aliphatic rings. The minimum absolute atomic E-state index is 0.0165. The zero-order chi connectivity index (χ0) is 18.7. The van der Waals surface area contributed by atoms with Crippen LogP contribution in [0.25, 0.3) is 0 Å². The van der Waals surface area contributed by atoms with Crippen LogP contribution >= 0.6 is 11.8 Å². The number of benzene rings is 2. The number of carbonyl (C=O) groups excluding carboxylic acids is 1. The lowest BCUT2D eigenvalue weighted by Crippen LogP contribution is -2.38. The van der Waals surface area contributed by atoms with Crippen LogP contribution in [0.5, 0.6) is 0 Å². The Hall–Kier alpha value is -1.85. The summed E-state index contributed by atoms with van der Waals surface area (Å²) in [6, 6.07) is 12.9. The van der Waals surface area contributed by atoms with Crippen LogP contribution in [0, 0.1) is 19.7 Å². The second-order valence-corrected chi connectivity index (χ2v) is 8.15. The number of aryl methyl sites for hydroxylation is 2. The second kappa shape index (κ2) is 8.23. The lowest BCUT2D eigenvalue weighted by atomic mass is 10.1. The summed E-state index contributed by atoms with van der Waals surface area (Å²) in [4.78, 5) is 16.8. The summed E-state index contributed by atoms with van der Waals surface area (Å²) in [5, 5.41) is -0.0165. The molecule has 3 nitrogen and oxygen atoms in total. The third kappa shape index (κ3) is 4.46. The number of hydrogen-bond acceptors (Lipinski definition) is 3. The summed E-state index contributed by atoms with van der Waals surface area (Å²) in [6.07, 6.45) is 0. The fraction of sp³-hybridized carbons (Fsp3) is 0.381. The Morgan fingerprint density at radius 3 is 2.69 bits per heavy atom. The first-order chi connectivity index (χ1) is 12.4. The zero-order valence-corrected chi connectivity index (χ0v) is 16.4. The molecule has 0 aromatic heterocycles. The van der Waals surface area contributed by atoms with E-state index >= 15 is 0 Å². The van der Waals surface area contributed by atoms with Gasteiger partial charge in [-0.05, 0) is 49.7 Å². The molecule has 0 aliphatic carbocycles. The fourth-order valence-corrected chi connectivity index (χ4v) is 4.55. The van der Waals surface area contributed by atoms with Crippen molar-refractivity contribution in [2.75, 3.05) is 25.9 Å². The van der Waals surface area contributed by atoms with Gasteiger partial charge in [0.1, 0.15) is 11.2 Å². The third-order valence-electron chi connectivity index (χ3n) is 4.72. The summed E-state index contributed by atoms with van der Waals surface area (Å²) in [5.74, 6) is 0.786. The average molecular weight is 373 g/mol. The van der Waals surface area contributed by atoms with Gasteiger partial charge in [0.15, 0.2) is 0 Å². The van der Waals surface area contributed by atoms with Crippen molar-refractivity contribution in [1.82, 2.24) is 9.80 Å². The molecule has 3 rings (SSSR count). The van der Waals surface area contributed by atoms with E-state index in [9.17, 15) is 9.18 Å². The Labute approximate surface area is 159 Å². The maximum absolute atomic E-state index is 13.2. The molecule has 0 saturated carbocycles. The highest BCUT2D eigenvalue weighted by Crippen LogP contribution is 2.37. The highest BCUT2D eigenvalue weighted by atomic mass is 32.2. The van der Waals surface area contributed by atoms with Crippen LogP contribution in [-0.4, -0.2) is 41.6 Å². The molecule has 1 saturated heterocycles. The molecule has 2 aromatic carbocycles. The predicted molar refractivity (Wildman–Crippen MR) is 106 cm³/mol. The van der Waals surface area contributed by atoms with Crippen molar-refractivity contribution in [3.63, 3.8) is 0 Å². The number of likely N-dealkylation sites (N-methyl/N-ethyl adjacent to an activating group) is 1. The van der Waals surface area contributed by atoms with Crippen LogP contribution in [0.4, 0.5) is 4.39 Å². The molecule has 1 amide bonds. The highest BCUT2D eigenvalue weighted by Gasteiger charge is 2.30. The first kappa shape index (κ1) is 18.9. The summed E-state index contributed by atoms with van der Waals surface area (Å²) < 4.78 is 13.2. The van der Waals surface area contributed by atoms with Gasteiger partial charge in [0.05, 0.1) is 6.54 Å². The molecule has 0 radical (unpaired) electrons. The number of nitrogens with zero attached hydrogens (tertiary/aromatic N) is 2. The van der Waals surface area contributed by atoms with Crippen LogP contribution in [0.2, 0.25) is 0 Å². The molecule has 1 fully saturated rings. The van der Waals surface area contributed by atoms with Crippen LogP contribution in [0.3, 0.4) is 0 Å². The largest absolute Gasteiger partial charge is 0.325 e. The second-order valence-electron chi connectivity index (χ2n) is 6.96. The molecule has 138 valence electrons. The molecule has 1 aliphatic heterocycles. The first-order valence-electron chi connectivity index (χ1n) is 8.85. The highest BCUT2D eigenvalue weighted by molar-refractivity contribution is 7.99. The van der Waals surface area contributed by atoms with E-state index in [4.69, 9.17) is 0 Å². The van der Waals surface area contributed by atoms with Gasteiger partial charge in [-0.3, -0.25) is 9.69 Å². The molecule has 1 heterocycles. The van der Waals surface area contributed by atoms with Gasteiger partial charge in [-0.2, -0.15) is 0 Å². The van der Waals surface area contributed by atoms with Gasteiger partial charge in [0.2, 0.25) is 5.91 Å². The third-order valence-corrected chi connectivity index (χ3v) is 5.98. The van der Waals surface area contributed by atoms with Crippen LogP contribution in [-0.2, 0) is 11.3 Å². The maximum atomic E-state index is 13.2. The van der Waals surface area contributed by atoms with Crippen LogP contribution in [0.1, 0.15) is 27.6 Å². The molecule has 1 atom stereocenters. The minimum Gasteiger partial charge on any atom is -0.325 e. The Kier molecular flexibility index (Phi) is 5.99. The topological polar surface area (TPSA) is 23.6 Å². The molecule has 5 heteroatoms. The summed E-state index contributed by atoms with van der Waals surface area (Å²) in [6.45, 7) is 6.06. The van der Waals surface area contributed by atoms with Gasteiger partial charge >= 0.3 is 0 Å². The fourth-order valence-electron chi connectivity index (χ4n) is 3.27. The summed E-state index contributed by atoms with van der Waals surface area (Å²) in [5.41, 5.74) is 4.72. The van der Waals surface area contributed by atoms with E-state index in [1.807, 2.05) is 11.9 Å². The van der Waals surface area contributed by atoms with Gasteiger partial charge in [-0.15, -0.1) is 11.8 Å². The Bertz CT molecular complexity index is 778. The Morgan fingerprint density at radius 1 is 1.23 bits per heavy atom. The smallest absolute Gasteiger partial charge is 0.237 e. The van der Waals surface area contributed by atoms with Crippen molar-refractivity contribution in [2.45, 2.75) is 25.8 Å². The van der Waals surface area contributed by atoms with Crippen molar-refractivity contribution in [2.24, 2.45) is 0 Å².